The molecule has 9 heteroatoms. The maximum Gasteiger partial charge on any atom is 0.271 e. The smallest absolute Gasteiger partial charge is 0.271 e. The van der Waals surface area contributed by atoms with Gasteiger partial charge in [-0.05, 0) is 19.1 Å². The van der Waals surface area contributed by atoms with E-state index in [1.807, 2.05) is 13.0 Å². The van der Waals surface area contributed by atoms with Crippen LogP contribution in [0.1, 0.15) is 11.3 Å². The Morgan fingerprint density at radius 2 is 2.20 bits per heavy atom. The summed E-state index contributed by atoms with van der Waals surface area (Å²) in [5.41, 5.74) is 0.366. The van der Waals surface area contributed by atoms with Crippen LogP contribution in [0.3, 0.4) is 0 Å². The lowest BCUT2D eigenvalue weighted by Gasteiger charge is -2.05. The van der Waals surface area contributed by atoms with Crippen molar-refractivity contribution in [3.63, 3.8) is 0 Å². The molecular formula is C16H14N4O3S2. The van der Waals surface area contributed by atoms with E-state index in [1.165, 1.54) is 35.1 Å². The van der Waals surface area contributed by atoms with E-state index in [4.69, 9.17) is 0 Å². The van der Waals surface area contributed by atoms with Crippen molar-refractivity contribution in [2.45, 2.75) is 18.4 Å². The van der Waals surface area contributed by atoms with Gasteiger partial charge in [0.15, 0.2) is 0 Å². The summed E-state index contributed by atoms with van der Waals surface area (Å²) >= 11 is 3.11. The normalized spacial score (nSPS) is 10.8. The Hall–Kier alpha value is -2.52. The van der Waals surface area contributed by atoms with Crippen LogP contribution >= 0.6 is 23.1 Å². The van der Waals surface area contributed by atoms with Crippen molar-refractivity contribution in [3.05, 3.63) is 51.7 Å². The minimum Gasteiger partial charge on any atom is -0.326 e. The Morgan fingerprint density at radius 1 is 1.36 bits per heavy atom. The summed E-state index contributed by atoms with van der Waals surface area (Å²) in [6.45, 7) is 2.02. The van der Waals surface area contributed by atoms with Gasteiger partial charge in [0, 0.05) is 40.3 Å². The molecule has 0 saturated carbocycles. The van der Waals surface area contributed by atoms with Gasteiger partial charge in [-0.1, -0.05) is 6.07 Å². The second-order valence-corrected chi connectivity index (χ2v) is 7.53. The molecule has 0 saturated heterocycles. The van der Waals surface area contributed by atoms with E-state index in [9.17, 15) is 14.9 Å². The number of carbonyl (C=O) groups excluding carboxylic acids is 1. The number of nitrogens with one attached hydrogen (secondary N) is 1. The van der Waals surface area contributed by atoms with Crippen molar-refractivity contribution in [1.82, 2.24) is 9.97 Å². The van der Waals surface area contributed by atoms with E-state index in [2.05, 4.69) is 15.3 Å². The second-order valence-electron chi connectivity index (χ2n) is 5.21. The maximum atomic E-state index is 12.0. The Bertz CT molecular complexity index is 942. The third kappa shape index (κ3) is 4.31. The molecule has 1 amide bonds. The fourth-order valence-electron chi connectivity index (χ4n) is 2.23. The number of thiophene rings is 1. The average Bonchev–Trinajstić information content (AvgIpc) is 2.96. The van der Waals surface area contributed by atoms with E-state index < -0.39 is 4.92 Å². The number of rotatable bonds is 6. The lowest BCUT2D eigenvalue weighted by atomic mass is 10.3. The van der Waals surface area contributed by atoms with E-state index in [-0.39, 0.29) is 18.0 Å². The molecule has 0 aliphatic rings. The molecule has 0 fully saturated rings. The number of carbonyl (C=O) groups is 1. The number of non-ortho nitro benzene ring substituents is 1. The number of aromatic nitrogens is 2. The number of nitro groups is 1. The van der Waals surface area contributed by atoms with Gasteiger partial charge < -0.3 is 5.32 Å². The van der Waals surface area contributed by atoms with Crippen LogP contribution in [-0.2, 0) is 4.79 Å². The average molecular weight is 374 g/mol. The molecule has 3 aromatic rings. The SMILES string of the molecule is Cc1cc2c(SCCC(=O)Nc3cccc([N+](=O)[O-])c3)ncnc2s1. The van der Waals surface area contributed by atoms with Crippen molar-refractivity contribution in [1.29, 1.82) is 0 Å². The van der Waals surface area contributed by atoms with Crippen molar-refractivity contribution in [2.24, 2.45) is 0 Å². The summed E-state index contributed by atoms with van der Waals surface area (Å²) in [6, 6.07) is 7.94. The molecular weight excluding hydrogens is 360 g/mol. The van der Waals surface area contributed by atoms with Crippen molar-refractivity contribution < 1.29 is 9.72 Å². The molecule has 0 spiro atoms. The highest BCUT2D eigenvalue weighted by atomic mass is 32.2. The van der Waals surface area contributed by atoms with Crippen LogP contribution in [0.2, 0.25) is 0 Å². The topological polar surface area (TPSA) is 98.0 Å². The van der Waals surface area contributed by atoms with Crippen LogP contribution in [0.25, 0.3) is 10.2 Å². The van der Waals surface area contributed by atoms with Crippen molar-refractivity contribution >= 4 is 50.6 Å². The summed E-state index contributed by atoms with van der Waals surface area (Å²) in [7, 11) is 0. The number of benzene rings is 1. The first kappa shape index (κ1) is 17.3. The van der Waals surface area contributed by atoms with Gasteiger partial charge in [-0.25, -0.2) is 9.97 Å². The number of thioether (sulfide) groups is 1. The monoisotopic (exact) mass is 374 g/mol. The number of aryl methyl sites for hydroxylation is 1. The summed E-state index contributed by atoms with van der Waals surface area (Å²) in [6.07, 6.45) is 1.81. The van der Waals surface area contributed by atoms with Gasteiger partial charge in [-0.3, -0.25) is 14.9 Å². The molecule has 0 aliphatic heterocycles. The molecule has 1 aromatic carbocycles. The van der Waals surface area contributed by atoms with Crippen LogP contribution in [0.5, 0.6) is 0 Å². The number of nitrogens with zero attached hydrogens (tertiary/aromatic N) is 3. The summed E-state index contributed by atoms with van der Waals surface area (Å²) < 4.78 is 0. The van der Waals surface area contributed by atoms with E-state index in [0.717, 1.165) is 15.2 Å². The number of hydrogen-bond acceptors (Lipinski definition) is 7. The molecule has 0 bridgehead atoms. The Balaban J connectivity index is 1.57. The van der Waals surface area contributed by atoms with Crippen LogP contribution in [0.15, 0.2) is 41.7 Å². The van der Waals surface area contributed by atoms with Crippen LogP contribution in [0.4, 0.5) is 11.4 Å². The van der Waals surface area contributed by atoms with Gasteiger partial charge in [0.2, 0.25) is 5.91 Å². The molecule has 7 nitrogen and oxygen atoms in total. The summed E-state index contributed by atoms with van der Waals surface area (Å²) in [4.78, 5) is 32.9. The molecule has 2 aromatic heterocycles. The Labute approximate surface area is 151 Å². The van der Waals surface area contributed by atoms with Crippen LogP contribution in [0, 0.1) is 17.0 Å². The second kappa shape index (κ2) is 7.58. The number of fused-ring (bicyclic) bond motifs is 1. The zero-order chi connectivity index (χ0) is 17.8. The molecule has 0 unspecified atom stereocenters. The highest BCUT2D eigenvalue weighted by Crippen LogP contribution is 2.30. The summed E-state index contributed by atoms with van der Waals surface area (Å²) in [5, 5.41) is 15.3. The fraction of sp³-hybridized carbons (Fsp3) is 0.188. The van der Waals surface area contributed by atoms with Crippen LogP contribution < -0.4 is 5.32 Å². The molecule has 0 aliphatic carbocycles. The van der Waals surface area contributed by atoms with E-state index in [1.54, 1.807) is 23.5 Å². The number of amides is 1. The first-order chi connectivity index (χ1) is 12.0. The molecule has 1 N–H and O–H groups in total. The van der Waals surface area contributed by atoms with E-state index in [0.29, 0.717) is 11.4 Å². The van der Waals surface area contributed by atoms with Crippen molar-refractivity contribution in [2.75, 3.05) is 11.1 Å². The fourth-order valence-corrected chi connectivity index (χ4v) is 4.06. The van der Waals surface area contributed by atoms with E-state index >= 15 is 0 Å². The zero-order valence-corrected chi connectivity index (χ0v) is 14.9. The Morgan fingerprint density at radius 3 is 3.00 bits per heavy atom. The quantitative estimate of drug-likeness (QED) is 0.303. The first-order valence-electron chi connectivity index (χ1n) is 7.41. The number of hydrogen-bond donors (Lipinski definition) is 1. The molecule has 0 atom stereocenters. The van der Waals surface area contributed by atoms with Gasteiger partial charge in [0.1, 0.15) is 16.2 Å². The minimum absolute atomic E-state index is 0.0524. The van der Waals surface area contributed by atoms with Gasteiger partial charge in [-0.15, -0.1) is 23.1 Å². The van der Waals surface area contributed by atoms with Gasteiger partial charge in [0.25, 0.3) is 5.69 Å². The van der Waals surface area contributed by atoms with Gasteiger partial charge in [0.05, 0.1) is 4.92 Å². The molecule has 2 heterocycles. The minimum atomic E-state index is -0.491. The summed E-state index contributed by atoms with van der Waals surface area (Å²) in [5.74, 6) is 0.363. The van der Waals surface area contributed by atoms with Gasteiger partial charge >= 0.3 is 0 Å². The maximum absolute atomic E-state index is 12.0. The molecule has 128 valence electrons. The third-order valence-electron chi connectivity index (χ3n) is 3.32. The molecule has 3 rings (SSSR count). The number of anilines is 1. The largest absolute Gasteiger partial charge is 0.326 e. The van der Waals surface area contributed by atoms with Gasteiger partial charge in [-0.2, -0.15) is 0 Å². The first-order valence-corrected chi connectivity index (χ1v) is 9.21. The standard InChI is InChI=1S/C16H14N4O3S2/c1-10-7-13-15(17-9-18-16(13)25-10)24-6-5-14(21)19-11-3-2-4-12(8-11)20(22)23/h2-4,7-9H,5-6H2,1H3,(H,19,21). The zero-order valence-electron chi connectivity index (χ0n) is 13.3. The lowest BCUT2D eigenvalue weighted by molar-refractivity contribution is -0.384. The highest BCUT2D eigenvalue weighted by Gasteiger charge is 2.10. The molecule has 0 radical (unpaired) electrons. The van der Waals surface area contributed by atoms with Crippen molar-refractivity contribution in [3.8, 4) is 0 Å². The predicted octanol–water partition coefficient (Wildman–Crippen LogP) is 4.03. The van der Waals surface area contributed by atoms with Crippen LogP contribution in [-0.4, -0.2) is 26.6 Å². The third-order valence-corrected chi connectivity index (χ3v) is 5.29. The lowest BCUT2D eigenvalue weighted by Crippen LogP contribution is -2.12. The number of nitro benzene ring substituents is 1. The Kier molecular flexibility index (Phi) is 5.25. The predicted molar refractivity (Wildman–Crippen MR) is 99.2 cm³/mol. The molecule has 25 heavy (non-hydrogen) atoms. The highest BCUT2D eigenvalue weighted by molar-refractivity contribution is 7.99.